The third kappa shape index (κ3) is 5.44. The maximum atomic E-state index is 12.8. The van der Waals surface area contributed by atoms with Crippen LogP contribution in [-0.4, -0.2) is 14.5 Å². The van der Waals surface area contributed by atoms with Crippen molar-refractivity contribution in [1.29, 1.82) is 0 Å². The number of sulfonamides is 1. The van der Waals surface area contributed by atoms with E-state index in [0.717, 1.165) is 9.79 Å². The van der Waals surface area contributed by atoms with Crippen molar-refractivity contribution < 1.29 is 13.2 Å². The van der Waals surface area contributed by atoms with Gasteiger partial charge in [0.05, 0.1) is 16.7 Å². The first-order valence-corrected chi connectivity index (χ1v) is 11.3. The van der Waals surface area contributed by atoms with Crippen LogP contribution < -0.4 is 9.46 Å². The van der Waals surface area contributed by atoms with Crippen molar-refractivity contribution in [3.8, 4) is 5.75 Å². The molecular formula is C21H20ClNO3S2. The Morgan fingerprint density at radius 2 is 1.64 bits per heavy atom. The van der Waals surface area contributed by atoms with E-state index in [1.54, 1.807) is 30.3 Å². The molecule has 0 unspecified atom stereocenters. The van der Waals surface area contributed by atoms with Gasteiger partial charge in [-0.15, -0.1) is 0 Å². The zero-order valence-electron chi connectivity index (χ0n) is 15.4. The van der Waals surface area contributed by atoms with Crippen LogP contribution in [0.3, 0.4) is 0 Å². The molecule has 3 aromatic rings. The van der Waals surface area contributed by atoms with Crippen LogP contribution in [0.4, 0.5) is 5.69 Å². The minimum atomic E-state index is -3.75. The summed E-state index contributed by atoms with van der Waals surface area (Å²) in [7, 11) is -3.75. The molecule has 0 heterocycles. The summed E-state index contributed by atoms with van der Waals surface area (Å²) >= 11 is 7.57. The molecule has 0 aromatic heterocycles. The quantitative estimate of drug-likeness (QED) is 0.490. The van der Waals surface area contributed by atoms with E-state index in [4.69, 9.17) is 16.3 Å². The van der Waals surface area contributed by atoms with Gasteiger partial charge in [-0.05, 0) is 68.4 Å². The Hall–Kier alpha value is -2.15. The van der Waals surface area contributed by atoms with E-state index in [0.29, 0.717) is 16.5 Å². The number of rotatable bonds is 7. The number of halogens is 1. The van der Waals surface area contributed by atoms with E-state index < -0.39 is 10.0 Å². The fourth-order valence-electron chi connectivity index (χ4n) is 2.45. The van der Waals surface area contributed by atoms with Crippen LogP contribution in [0.25, 0.3) is 0 Å². The lowest BCUT2D eigenvalue weighted by atomic mass is 10.3. The molecule has 0 bridgehead atoms. The lowest BCUT2D eigenvalue weighted by Crippen LogP contribution is -2.13. The number of anilines is 1. The molecule has 0 amide bonds. The van der Waals surface area contributed by atoms with Crippen molar-refractivity contribution in [2.75, 3.05) is 4.72 Å². The molecule has 7 heteroatoms. The van der Waals surface area contributed by atoms with Crippen LogP contribution in [0, 0.1) is 0 Å². The van der Waals surface area contributed by atoms with Gasteiger partial charge in [-0.3, -0.25) is 4.72 Å². The molecule has 0 aliphatic heterocycles. The van der Waals surface area contributed by atoms with Gasteiger partial charge in [-0.1, -0.05) is 41.6 Å². The van der Waals surface area contributed by atoms with Gasteiger partial charge in [0.2, 0.25) is 0 Å². The van der Waals surface area contributed by atoms with E-state index in [1.165, 1.54) is 23.9 Å². The molecule has 0 radical (unpaired) electrons. The van der Waals surface area contributed by atoms with Gasteiger partial charge in [-0.25, -0.2) is 8.42 Å². The van der Waals surface area contributed by atoms with Crippen molar-refractivity contribution in [1.82, 2.24) is 0 Å². The van der Waals surface area contributed by atoms with Crippen molar-refractivity contribution >= 4 is 39.1 Å². The fourth-order valence-corrected chi connectivity index (χ4v) is 4.80. The zero-order valence-corrected chi connectivity index (χ0v) is 17.8. The Morgan fingerprint density at radius 1 is 0.964 bits per heavy atom. The summed E-state index contributed by atoms with van der Waals surface area (Å²) in [5, 5.41) is 0.538. The molecule has 3 aromatic carbocycles. The highest BCUT2D eigenvalue weighted by Crippen LogP contribution is 2.36. The first-order valence-electron chi connectivity index (χ1n) is 8.65. The van der Waals surface area contributed by atoms with E-state index in [2.05, 4.69) is 4.72 Å². The van der Waals surface area contributed by atoms with Crippen LogP contribution in [0.5, 0.6) is 5.75 Å². The highest BCUT2D eigenvalue weighted by Gasteiger charge is 2.17. The zero-order chi connectivity index (χ0) is 20.1. The SMILES string of the molecule is CC(C)Oc1ccc(S(=O)(=O)Nc2ccc(Cl)cc2Sc2ccccc2)cc1. The maximum Gasteiger partial charge on any atom is 0.261 e. The number of hydrogen-bond acceptors (Lipinski definition) is 4. The molecule has 4 nitrogen and oxygen atoms in total. The van der Waals surface area contributed by atoms with Gasteiger partial charge in [0.25, 0.3) is 10.0 Å². The normalized spacial score (nSPS) is 11.4. The number of hydrogen-bond donors (Lipinski definition) is 1. The third-order valence-electron chi connectivity index (χ3n) is 3.66. The van der Waals surface area contributed by atoms with Gasteiger partial charge in [0.1, 0.15) is 5.75 Å². The Labute approximate surface area is 174 Å². The lowest BCUT2D eigenvalue weighted by Gasteiger charge is -2.14. The van der Waals surface area contributed by atoms with Crippen molar-refractivity contribution in [3.05, 3.63) is 77.8 Å². The monoisotopic (exact) mass is 433 g/mol. The van der Waals surface area contributed by atoms with Crippen LogP contribution in [0.1, 0.15) is 13.8 Å². The summed E-state index contributed by atoms with van der Waals surface area (Å²) in [6, 6.07) is 21.1. The van der Waals surface area contributed by atoms with Crippen LogP contribution in [0.15, 0.2) is 87.5 Å². The first kappa shape index (κ1) is 20.6. The van der Waals surface area contributed by atoms with Crippen LogP contribution in [0.2, 0.25) is 5.02 Å². The van der Waals surface area contributed by atoms with E-state index in [-0.39, 0.29) is 11.0 Å². The van der Waals surface area contributed by atoms with Crippen molar-refractivity contribution in [3.63, 3.8) is 0 Å². The average molecular weight is 434 g/mol. The third-order valence-corrected chi connectivity index (χ3v) is 6.35. The summed E-state index contributed by atoms with van der Waals surface area (Å²) in [4.78, 5) is 1.87. The molecule has 0 saturated heterocycles. The highest BCUT2D eigenvalue weighted by molar-refractivity contribution is 7.99. The van der Waals surface area contributed by atoms with Crippen molar-refractivity contribution in [2.45, 2.75) is 34.6 Å². The largest absolute Gasteiger partial charge is 0.491 e. The van der Waals surface area contributed by atoms with Crippen LogP contribution >= 0.6 is 23.4 Å². The Kier molecular flexibility index (Phi) is 6.54. The molecule has 0 fully saturated rings. The minimum absolute atomic E-state index is 0.0206. The van der Waals surface area contributed by atoms with E-state index in [9.17, 15) is 8.42 Å². The number of nitrogens with one attached hydrogen (secondary N) is 1. The Morgan fingerprint density at radius 3 is 2.29 bits per heavy atom. The van der Waals surface area contributed by atoms with Gasteiger partial charge in [-0.2, -0.15) is 0 Å². The molecule has 1 N–H and O–H groups in total. The van der Waals surface area contributed by atoms with Crippen molar-refractivity contribution in [2.24, 2.45) is 0 Å². The Balaban J connectivity index is 1.86. The molecule has 0 atom stereocenters. The highest BCUT2D eigenvalue weighted by atomic mass is 35.5. The van der Waals surface area contributed by atoms with E-state index in [1.807, 2.05) is 44.2 Å². The molecule has 0 aliphatic carbocycles. The molecule has 0 saturated carbocycles. The van der Waals surface area contributed by atoms with Crippen LogP contribution in [-0.2, 0) is 10.0 Å². The molecule has 146 valence electrons. The summed E-state index contributed by atoms with van der Waals surface area (Å²) in [5.74, 6) is 0.626. The second-order valence-corrected chi connectivity index (χ2v) is 9.53. The predicted molar refractivity (Wildman–Crippen MR) is 115 cm³/mol. The maximum absolute atomic E-state index is 12.8. The lowest BCUT2D eigenvalue weighted by molar-refractivity contribution is 0.242. The van der Waals surface area contributed by atoms with Gasteiger partial charge < -0.3 is 4.74 Å². The van der Waals surface area contributed by atoms with Gasteiger partial charge >= 0.3 is 0 Å². The summed E-state index contributed by atoms with van der Waals surface area (Å²) in [5.41, 5.74) is 0.473. The number of ether oxygens (including phenoxy) is 1. The first-order chi connectivity index (χ1) is 13.3. The summed E-state index contributed by atoms with van der Waals surface area (Å²) in [6.45, 7) is 3.83. The summed E-state index contributed by atoms with van der Waals surface area (Å²) in [6.07, 6.45) is 0.0206. The smallest absolute Gasteiger partial charge is 0.261 e. The summed E-state index contributed by atoms with van der Waals surface area (Å²) < 4.78 is 33.9. The topological polar surface area (TPSA) is 55.4 Å². The average Bonchev–Trinajstić information content (AvgIpc) is 2.65. The predicted octanol–water partition coefficient (Wildman–Crippen LogP) is 6.08. The standard InChI is InChI=1S/C21H20ClNO3S2/c1-15(2)26-17-9-11-19(12-10-17)28(24,25)23-20-13-8-16(22)14-21(20)27-18-6-4-3-5-7-18/h3-15,23H,1-2H3. The molecular weight excluding hydrogens is 414 g/mol. The van der Waals surface area contributed by atoms with E-state index >= 15 is 0 Å². The Bertz CT molecular complexity index is 1040. The number of benzene rings is 3. The molecule has 0 spiro atoms. The fraction of sp³-hybridized carbons (Fsp3) is 0.143. The minimum Gasteiger partial charge on any atom is -0.491 e. The second-order valence-electron chi connectivity index (χ2n) is 6.30. The molecule has 3 rings (SSSR count). The van der Waals surface area contributed by atoms with Gasteiger partial charge in [0, 0.05) is 14.8 Å². The molecule has 0 aliphatic rings. The molecule has 28 heavy (non-hydrogen) atoms. The second kappa shape index (κ2) is 8.90. The van der Waals surface area contributed by atoms with Gasteiger partial charge in [0.15, 0.2) is 0 Å².